The Bertz CT molecular complexity index is 783. The van der Waals surface area contributed by atoms with E-state index in [0.717, 1.165) is 23.5 Å². The Morgan fingerprint density at radius 3 is 2.52 bits per heavy atom. The third kappa shape index (κ3) is 7.46. The van der Waals surface area contributed by atoms with Crippen molar-refractivity contribution in [3.05, 3.63) is 65.7 Å². The van der Waals surface area contributed by atoms with E-state index in [1.807, 2.05) is 61.5 Å². The van der Waals surface area contributed by atoms with Crippen LogP contribution < -0.4 is 10.1 Å². The predicted molar refractivity (Wildman–Crippen MR) is 119 cm³/mol. The first-order valence-electron chi connectivity index (χ1n) is 9.87. The third-order valence-electron chi connectivity index (χ3n) is 4.54. The van der Waals surface area contributed by atoms with Crippen LogP contribution in [-0.4, -0.2) is 42.2 Å². The van der Waals surface area contributed by atoms with Gasteiger partial charge in [-0.05, 0) is 36.6 Å². The van der Waals surface area contributed by atoms with Crippen molar-refractivity contribution in [2.75, 3.05) is 19.4 Å². The van der Waals surface area contributed by atoms with Gasteiger partial charge in [0.2, 0.25) is 11.8 Å². The Morgan fingerprint density at radius 2 is 1.83 bits per heavy atom. The fourth-order valence-corrected chi connectivity index (χ4v) is 3.73. The second kappa shape index (κ2) is 12.2. The van der Waals surface area contributed by atoms with E-state index in [-0.39, 0.29) is 11.8 Å². The van der Waals surface area contributed by atoms with Crippen LogP contribution in [0, 0.1) is 0 Å². The zero-order valence-electron chi connectivity index (χ0n) is 17.4. The highest BCUT2D eigenvalue weighted by atomic mass is 32.2. The van der Waals surface area contributed by atoms with E-state index in [9.17, 15) is 9.59 Å². The van der Waals surface area contributed by atoms with Crippen LogP contribution in [0.25, 0.3) is 0 Å². The molecule has 0 aliphatic carbocycles. The van der Waals surface area contributed by atoms with Crippen LogP contribution in [0.15, 0.2) is 54.6 Å². The molecule has 2 aromatic carbocycles. The standard InChI is InChI=1S/C23H30N2O3S/c1-4-13-24-23(27)18(2)25(15-20-11-8-12-21(14-20)28-3)22(26)17-29-16-19-9-6-5-7-10-19/h5-12,14,18H,4,13,15-17H2,1-3H3,(H,24,27). The van der Waals surface area contributed by atoms with Crippen LogP contribution in [0.4, 0.5) is 0 Å². The summed E-state index contributed by atoms with van der Waals surface area (Å²) in [5, 5.41) is 2.89. The Balaban J connectivity index is 2.07. The molecule has 0 aliphatic rings. The van der Waals surface area contributed by atoms with Gasteiger partial charge in [0.15, 0.2) is 0 Å². The van der Waals surface area contributed by atoms with Crippen molar-refractivity contribution in [2.45, 2.75) is 38.6 Å². The molecule has 0 spiro atoms. The molecule has 2 rings (SSSR count). The highest BCUT2D eigenvalue weighted by molar-refractivity contribution is 7.99. The van der Waals surface area contributed by atoms with Crippen LogP contribution in [0.5, 0.6) is 5.75 Å². The summed E-state index contributed by atoms with van der Waals surface area (Å²) >= 11 is 1.56. The Labute approximate surface area is 177 Å². The second-order valence-electron chi connectivity index (χ2n) is 6.82. The number of amides is 2. The second-order valence-corrected chi connectivity index (χ2v) is 7.80. The van der Waals surface area contributed by atoms with Gasteiger partial charge in [0.05, 0.1) is 12.9 Å². The van der Waals surface area contributed by atoms with Crippen molar-refractivity contribution < 1.29 is 14.3 Å². The number of nitrogens with zero attached hydrogens (tertiary/aromatic N) is 1. The number of hydrogen-bond donors (Lipinski definition) is 1. The molecule has 0 radical (unpaired) electrons. The number of nitrogens with one attached hydrogen (secondary N) is 1. The number of rotatable bonds is 11. The van der Waals surface area contributed by atoms with Gasteiger partial charge in [-0.3, -0.25) is 9.59 Å². The molecule has 0 fully saturated rings. The largest absolute Gasteiger partial charge is 0.497 e. The van der Waals surface area contributed by atoms with Crippen molar-refractivity contribution in [2.24, 2.45) is 0 Å². The van der Waals surface area contributed by atoms with Gasteiger partial charge in [-0.2, -0.15) is 0 Å². The Hall–Kier alpha value is -2.47. The van der Waals surface area contributed by atoms with Gasteiger partial charge >= 0.3 is 0 Å². The van der Waals surface area contributed by atoms with Crippen molar-refractivity contribution in [3.63, 3.8) is 0 Å². The van der Waals surface area contributed by atoms with E-state index in [2.05, 4.69) is 5.32 Å². The normalized spacial score (nSPS) is 11.6. The summed E-state index contributed by atoms with van der Waals surface area (Å²) < 4.78 is 5.28. The van der Waals surface area contributed by atoms with Crippen molar-refractivity contribution >= 4 is 23.6 Å². The highest BCUT2D eigenvalue weighted by Gasteiger charge is 2.25. The van der Waals surface area contributed by atoms with Crippen LogP contribution in [0.3, 0.4) is 0 Å². The molecule has 0 bridgehead atoms. The number of thioether (sulfide) groups is 1. The fraction of sp³-hybridized carbons (Fsp3) is 0.391. The summed E-state index contributed by atoms with van der Waals surface area (Å²) in [5.41, 5.74) is 2.11. The zero-order chi connectivity index (χ0) is 21.1. The van der Waals surface area contributed by atoms with Gasteiger partial charge in [-0.1, -0.05) is 49.4 Å². The number of hydrogen-bond acceptors (Lipinski definition) is 4. The minimum absolute atomic E-state index is 0.0482. The summed E-state index contributed by atoms with van der Waals surface area (Å²) in [7, 11) is 1.61. The molecule has 2 amide bonds. The SMILES string of the molecule is CCCNC(=O)C(C)N(Cc1cccc(OC)c1)C(=O)CSCc1ccccc1. The van der Waals surface area contributed by atoms with Crippen molar-refractivity contribution in [1.29, 1.82) is 0 Å². The minimum atomic E-state index is -0.544. The van der Waals surface area contributed by atoms with Gasteiger partial charge in [-0.15, -0.1) is 11.8 Å². The quantitative estimate of drug-likeness (QED) is 0.606. The van der Waals surface area contributed by atoms with Gasteiger partial charge in [0, 0.05) is 18.8 Å². The van der Waals surface area contributed by atoms with Gasteiger partial charge in [0.1, 0.15) is 11.8 Å². The van der Waals surface area contributed by atoms with Crippen LogP contribution >= 0.6 is 11.8 Å². The molecule has 5 nitrogen and oxygen atoms in total. The van der Waals surface area contributed by atoms with Gasteiger partial charge in [-0.25, -0.2) is 0 Å². The Morgan fingerprint density at radius 1 is 1.10 bits per heavy atom. The molecule has 156 valence electrons. The van der Waals surface area contributed by atoms with E-state index in [4.69, 9.17) is 4.74 Å². The number of carbonyl (C=O) groups is 2. The molecule has 0 aromatic heterocycles. The lowest BCUT2D eigenvalue weighted by atomic mass is 10.1. The van der Waals surface area contributed by atoms with Crippen LogP contribution in [-0.2, 0) is 21.9 Å². The Kier molecular flexibility index (Phi) is 9.57. The van der Waals surface area contributed by atoms with E-state index in [1.54, 1.807) is 30.7 Å². The maximum absolute atomic E-state index is 13.0. The lowest BCUT2D eigenvalue weighted by Gasteiger charge is -2.29. The number of ether oxygens (including phenoxy) is 1. The lowest BCUT2D eigenvalue weighted by Crippen LogP contribution is -2.48. The van der Waals surface area contributed by atoms with E-state index < -0.39 is 6.04 Å². The molecule has 1 unspecified atom stereocenters. The summed E-state index contributed by atoms with van der Waals surface area (Å²) in [4.78, 5) is 27.2. The molecule has 6 heteroatoms. The summed E-state index contributed by atoms with van der Waals surface area (Å²) in [5.74, 6) is 1.64. The maximum Gasteiger partial charge on any atom is 0.242 e. The summed E-state index contributed by atoms with van der Waals surface area (Å²) in [6.07, 6.45) is 0.856. The topological polar surface area (TPSA) is 58.6 Å². The molecule has 1 atom stereocenters. The summed E-state index contributed by atoms with van der Waals surface area (Å²) in [6.45, 7) is 4.75. The molecule has 2 aromatic rings. The zero-order valence-corrected chi connectivity index (χ0v) is 18.2. The molecule has 29 heavy (non-hydrogen) atoms. The number of carbonyl (C=O) groups excluding carboxylic acids is 2. The highest BCUT2D eigenvalue weighted by Crippen LogP contribution is 2.18. The van der Waals surface area contributed by atoms with E-state index >= 15 is 0 Å². The first-order valence-corrected chi connectivity index (χ1v) is 11.0. The molecular formula is C23H30N2O3S. The maximum atomic E-state index is 13.0. The molecule has 0 aliphatic heterocycles. The van der Waals surface area contributed by atoms with Crippen LogP contribution in [0.2, 0.25) is 0 Å². The average molecular weight is 415 g/mol. The molecule has 0 saturated carbocycles. The first-order chi connectivity index (χ1) is 14.0. The van der Waals surface area contributed by atoms with E-state index in [0.29, 0.717) is 18.8 Å². The average Bonchev–Trinajstić information content (AvgIpc) is 2.76. The predicted octanol–water partition coefficient (Wildman–Crippen LogP) is 3.87. The first kappa shape index (κ1) is 22.8. The lowest BCUT2D eigenvalue weighted by molar-refractivity contribution is -0.138. The smallest absolute Gasteiger partial charge is 0.242 e. The van der Waals surface area contributed by atoms with Crippen LogP contribution in [0.1, 0.15) is 31.4 Å². The summed E-state index contributed by atoms with van der Waals surface area (Å²) in [6, 6.07) is 17.1. The molecule has 1 N–H and O–H groups in total. The van der Waals surface area contributed by atoms with Gasteiger partial charge in [0.25, 0.3) is 0 Å². The number of methoxy groups -OCH3 is 1. The minimum Gasteiger partial charge on any atom is -0.497 e. The van der Waals surface area contributed by atoms with Crippen molar-refractivity contribution in [1.82, 2.24) is 10.2 Å². The van der Waals surface area contributed by atoms with E-state index in [1.165, 1.54) is 5.56 Å². The van der Waals surface area contributed by atoms with Crippen molar-refractivity contribution in [3.8, 4) is 5.75 Å². The molecule has 0 saturated heterocycles. The van der Waals surface area contributed by atoms with Gasteiger partial charge < -0.3 is 15.0 Å². The number of benzene rings is 2. The molecular weight excluding hydrogens is 384 g/mol. The monoisotopic (exact) mass is 414 g/mol. The molecule has 0 heterocycles. The fourth-order valence-electron chi connectivity index (χ4n) is 2.86. The third-order valence-corrected chi connectivity index (χ3v) is 5.53.